The molecule has 0 amide bonds. The van der Waals surface area contributed by atoms with E-state index in [4.69, 9.17) is 4.74 Å². The molecule has 0 aliphatic carbocycles. The van der Waals surface area contributed by atoms with E-state index in [-0.39, 0.29) is 0 Å². The van der Waals surface area contributed by atoms with Crippen molar-refractivity contribution in [2.75, 3.05) is 7.11 Å². The van der Waals surface area contributed by atoms with E-state index >= 15 is 0 Å². The van der Waals surface area contributed by atoms with Crippen molar-refractivity contribution in [2.24, 2.45) is 0 Å². The van der Waals surface area contributed by atoms with Crippen molar-refractivity contribution in [1.82, 2.24) is 4.98 Å². The number of nitrogens with one attached hydrogen (secondary N) is 1. The highest BCUT2D eigenvalue weighted by Crippen LogP contribution is 2.25. The third-order valence-corrected chi connectivity index (χ3v) is 3.17. The number of hydrogen-bond donors (Lipinski definition) is 1. The molecule has 0 atom stereocenters. The third-order valence-electron chi connectivity index (χ3n) is 3.17. The molecule has 2 heteroatoms. The molecule has 0 saturated heterocycles. The zero-order valence-corrected chi connectivity index (χ0v) is 10.8. The highest BCUT2D eigenvalue weighted by molar-refractivity contribution is 5.68. The number of aromatic amines is 1. The molecule has 0 aliphatic rings. The molecule has 0 aliphatic heterocycles. The van der Waals surface area contributed by atoms with Crippen LogP contribution < -0.4 is 4.74 Å². The maximum atomic E-state index is 5.17. The molecule has 0 unspecified atom stereocenters. The van der Waals surface area contributed by atoms with Crippen molar-refractivity contribution in [3.63, 3.8) is 0 Å². The minimum absolute atomic E-state index is 0.874. The first kappa shape index (κ1) is 11.6. The first-order valence-electron chi connectivity index (χ1n) is 6.26. The molecule has 1 heterocycles. The van der Waals surface area contributed by atoms with Gasteiger partial charge in [0.25, 0.3) is 0 Å². The maximum absolute atomic E-state index is 5.17. The molecule has 94 valence electrons. The van der Waals surface area contributed by atoms with E-state index < -0.39 is 0 Å². The number of benzene rings is 2. The number of H-pyrrole nitrogens is 1. The molecule has 1 aromatic heterocycles. The standard InChI is InChI=1S/C17H15NO/c1-19-15-9-7-14(8-10-15)17-12-11-16(18-17)13-5-3-2-4-6-13/h2-12,18H,1H3. The molecule has 3 rings (SSSR count). The summed E-state index contributed by atoms with van der Waals surface area (Å²) >= 11 is 0. The maximum Gasteiger partial charge on any atom is 0.118 e. The molecule has 0 bridgehead atoms. The summed E-state index contributed by atoms with van der Waals surface area (Å²) in [5.41, 5.74) is 4.60. The second-order valence-electron chi connectivity index (χ2n) is 4.38. The van der Waals surface area contributed by atoms with E-state index in [1.807, 2.05) is 30.3 Å². The Morgan fingerprint density at radius 1 is 0.684 bits per heavy atom. The normalized spacial score (nSPS) is 10.4. The lowest BCUT2D eigenvalue weighted by atomic mass is 10.1. The van der Waals surface area contributed by atoms with Crippen LogP contribution in [0.3, 0.4) is 0 Å². The molecule has 0 radical (unpaired) electrons. The van der Waals surface area contributed by atoms with Gasteiger partial charge in [-0.1, -0.05) is 30.3 Å². The fourth-order valence-corrected chi connectivity index (χ4v) is 2.12. The van der Waals surface area contributed by atoms with Crippen LogP contribution in [-0.2, 0) is 0 Å². The van der Waals surface area contributed by atoms with E-state index in [2.05, 4.69) is 41.4 Å². The first-order chi connectivity index (χ1) is 9.36. The number of aromatic nitrogens is 1. The highest BCUT2D eigenvalue weighted by Gasteiger charge is 2.03. The molecule has 3 aromatic rings. The number of ether oxygens (including phenoxy) is 1. The predicted octanol–water partition coefficient (Wildman–Crippen LogP) is 4.36. The minimum Gasteiger partial charge on any atom is -0.497 e. The van der Waals surface area contributed by atoms with Crippen LogP contribution in [0.4, 0.5) is 0 Å². The van der Waals surface area contributed by atoms with Crippen molar-refractivity contribution in [2.45, 2.75) is 0 Å². The van der Waals surface area contributed by atoms with Crippen molar-refractivity contribution in [1.29, 1.82) is 0 Å². The summed E-state index contributed by atoms with van der Waals surface area (Å²) in [6, 6.07) is 22.6. The number of methoxy groups -OCH3 is 1. The topological polar surface area (TPSA) is 25.0 Å². The van der Waals surface area contributed by atoms with Crippen molar-refractivity contribution in [3.8, 4) is 28.3 Å². The second kappa shape index (κ2) is 5.02. The van der Waals surface area contributed by atoms with Gasteiger partial charge in [-0.15, -0.1) is 0 Å². The van der Waals surface area contributed by atoms with E-state index in [1.54, 1.807) is 7.11 Å². The Balaban J connectivity index is 1.92. The van der Waals surface area contributed by atoms with Gasteiger partial charge < -0.3 is 9.72 Å². The Labute approximate surface area is 112 Å². The van der Waals surface area contributed by atoms with Crippen LogP contribution >= 0.6 is 0 Å². The number of rotatable bonds is 3. The third kappa shape index (κ3) is 2.38. The van der Waals surface area contributed by atoms with Gasteiger partial charge in [-0.2, -0.15) is 0 Å². The predicted molar refractivity (Wildman–Crippen MR) is 78.2 cm³/mol. The summed E-state index contributed by atoms with van der Waals surface area (Å²) in [5, 5.41) is 0. The van der Waals surface area contributed by atoms with Crippen LogP contribution in [0.5, 0.6) is 5.75 Å². The van der Waals surface area contributed by atoms with Gasteiger partial charge in [0.2, 0.25) is 0 Å². The monoisotopic (exact) mass is 249 g/mol. The van der Waals surface area contributed by atoms with Gasteiger partial charge >= 0.3 is 0 Å². The zero-order valence-electron chi connectivity index (χ0n) is 10.8. The fraction of sp³-hybridized carbons (Fsp3) is 0.0588. The molecule has 0 spiro atoms. The van der Waals surface area contributed by atoms with Gasteiger partial charge in [-0.25, -0.2) is 0 Å². The fourth-order valence-electron chi connectivity index (χ4n) is 2.12. The van der Waals surface area contributed by atoms with Crippen molar-refractivity contribution >= 4 is 0 Å². The van der Waals surface area contributed by atoms with Crippen LogP contribution in [0.1, 0.15) is 0 Å². The van der Waals surface area contributed by atoms with Gasteiger partial charge in [-0.3, -0.25) is 0 Å². The molecule has 2 nitrogen and oxygen atoms in total. The summed E-state index contributed by atoms with van der Waals surface area (Å²) in [7, 11) is 1.68. The first-order valence-corrected chi connectivity index (χ1v) is 6.26. The van der Waals surface area contributed by atoms with Crippen LogP contribution in [0.2, 0.25) is 0 Å². The van der Waals surface area contributed by atoms with Gasteiger partial charge in [0, 0.05) is 11.4 Å². The van der Waals surface area contributed by atoms with Crippen molar-refractivity contribution < 1.29 is 4.74 Å². The highest BCUT2D eigenvalue weighted by atomic mass is 16.5. The van der Waals surface area contributed by atoms with Crippen LogP contribution in [0, 0.1) is 0 Å². The Bertz CT molecular complexity index is 653. The van der Waals surface area contributed by atoms with Crippen LogP contribution in [0.15, 0.2) is 66.7 Å². The van der Waals surface area contributed by atoms with Crippen LogP contribution in [0.25, 0.3) is 22.5 Å². The lowest BCUT2D eigenvalue weighted by Gasteiger charge is -2.02. The average molecular weight is 249 g/mol. The number of hydrogen-bond acceptors (Lipinski definition) is 1. The molecule has 0 fully saturated rings. The smallest absolute Gasteiger partial charge is 0.118 e. The van der Waals surface area contributed by atoms with Crippen molar-refractivity contribution in [3.05, 3.63) is 66.7 Å². The Kier molecular flexibility index (Phi) is 3.07. The molecular weight excluding hydrogens is 234 g/mol. The lowest BCUT2D eigenvalue weighted by Crippen LogP contribution is -1.83. The molecule has 0 saturated carbocycles. The van der Waals surface area contributed by atoms with Gasteiger partial charge in [0.05, 0.1) is 7.11 Å². The van der Waals surface area contributed by atoms with Gasteiger partial charge in [-0.05, 0) is 47.5 Å². The average Bonchev–Trinajstić information content (AvgIpc) is 2.98. The summed E-state index contributed by atoms with van der Waals surface area (Å²) < 4.78 is 5.17. The van der Waals surface area contributed by atoms with Gasteiger partial charge in [0.1, 0.15) is 5.75 Å². The summed E-state index contributed by atoms with van der Waals surface area (Å²) in [6.45, 7) is 0. The van der Waals surface area contributed by atoms with E-state index in [0.29, 0.717) is 0 Å². The van der Waals surface area contributed by atoms with E-state index in [1.165, 1.54) is 5.56 Å². The Morgan fingerprint density at radius 2 is 1.26 bits per heavy atom. The summed E-state index contributed by atoms with van der Waals surface area (Å²) in [5.74, 6) is 0.874. The minimum atomic E-state index is 0.874. The lowest BCUT2D eigenvalue weighted by molar-refractivity contribution is 0.415. The summed E-state index contributed by atoms with van der Waals surface area (Å²) in [4.78, 5) is 3.44. The Morgan fingerprint density at radius 3 is 1.84 bits per heavy atom. The molecule has 2 aromatic carbocycles. The second-order valence-corrected chi connectivity index (χ2v) is 4.38. The van der Waals surface area contributed by atoms with E-state index in [0.717, 1.165) is 22.7 Å². The summed E-state index contributed by atoms with van der Waals surface area (Å²) in [6.07, 6.45) is 0. The quantitative estimate of drug-likeness (QED) is 0.733. The Hall–Kier alpha value is -2.48. The molecular formula is C17H15NO. The largest absolute Gasteiger partial charge is 0.497 e. The SMILES string of the molecule is COc1ccc(-c2ccc(-c3ccccc3)[nH]2)cc1. The van der Waals surface area contributed by atoms with Crippen LogP contribution in [-0.4, -0.2) is 12.1 Å². The zero-order chi connectivity index (χ0) is 13.1. The van der Waals surface area contributed by atoms with E-state index in [9.17, 15) is 0 Å². The molecule has 19 heavy (non-hydrogen) atoms. The molecule has 1 N–H and O–H groups in total. The van der Waals surface area contributed by atoms with Gasteiger partial charge in [0.15, 0.2) is 0 Å².